The van der Waals surface area contributed by atoms with Gasteiger partial charge in [-0.15, -0.1) is 0 Å². The van der Waals surface area contributed by atoms with Crippen LogP contribution in [0.1, 0.15) is 0 Å². The lowest BCUT2D eigenvalue weighted by atomic mass is 10.6. The molecule has 0 fully saturated rings. The molecule has 1 aliphatic heterocycles. The van der Waals surface area contributed by atoms with Crippen LogP contribution in [0.5, 0.6) is 0 Å². The van der Waals surface area contributed by atoms with Crippen molar-refractivity contribution < 1.29 is 0 Å². The molecule has 2 heterocycles. The fourth-order valence-electron chi connectivity index (χ4n) is 1.35. The van der Waals surface area contributed by atoms with Gasteiger partial charge in [0.15, 0.2) is 5.16 Å². The van der Waals surface area contributed by atoms with Crippen molar-refractivity contribution in [3.8, 4) is 0 Å². The van der Waals surface area contributed by atoms with E-state index in [1.807, 2.05) is 24.0 Å². The molecule has 0 atom stereocenters. The number of aromatic nitrogens is 2. The van der Waals surface area contributed by atoms with Crippen molar-refractivity contribution in [3.05, 3.63) is 12.4 Å². The molecule has 0 unspecified atom stereocenters. The molecule has 0 bridgehead atoms. The maximum absolute atomic E-state index is 4.43. The van der Waals surface area contributed by atoms with E-state index in [1.54, 1.807) is 11.8 Å². The summed E-state index contributed by atoms with van der Waals surface area (Å²) in [4.78, 5) is 10.9. The Morgan fingerprint density at radius 3 is 2.93 bits per heavy atom. The van der Waals surface area contributed by atoms with Gasteiger partial charge in [-0.3, -0.25) is 4.99 Å². The van der Waals surface area contributed by atoms with Crippen LogP contribution < -0.4 is 0 Å². The number of aliphatic imine (C=N–C) groups is 1. The van der Waals surface area contributed by atoms with E-state index in [2.05, 4.69) is 21.9 Å². The third kappa shape index (κ3) is 1.92. The van der Waals surface area contributed by atoms with Gasteiger partial charge in [0.05, 0.1) is 12.3 Å². The van der Waals surface area contributed by atoms with Gasteiger partial charge in [0.2, 0.25) is 0 Å². The number of hydrogen-bond acceptors (Lipinski definition) is 4. The molecular weight excluding hydrogens is 196 g/mol. The Morgan fingerprint density at radius 1 is 1.50 bits per heavy atom. The van der Waals surface area contributed by atoms with Crippen LogP contribution in [0, 0.1) is 0 Å². The molecule has 0 aliphatic carbocycles. The van der Waals surface area contributed by atoms with Crippen molar-refractivity contribution in [2.24, 2.45) is 12.0 Å². The number of likely N-dealkylation sites (N-methyl/N-ethyl adjacent to an activating group) is 1. The van der Waals surface area contributed by atoms with Crippen LogP contribution in [0.3, 0.4) is 0 Å². The monoisotopic (exact) mass is 210 g/mol. The van der Waals surface area contributed by atoms with E-state index in [1.165, 1.54) is 5.84 Å². The number of amidine groups is 1. The lowest BCUT2D eigenvalue weighted by Crippen LogP contribution is -2.24. The molecule has 76 valence electrons. The summed E-state index contributed by atoms with van der Waals surface area (Å²) in [6.07, 6.45) is 3.78. The normalized spacial score (nSPS) is 16.1. The molecule has 4 nitrogen and oxygen atoms in total. The van der Waals surface area contributed by atoms with E-state index >= 15 is 0 Å². The van der Waals surface area contributed by atoms with Crippen LogP contribution in [0.15, 0.2) is 22.5 Å². The molecule has 5 heteroatoms. The number of imidazole rings is 1. The SMILES string of the molecule is CN1CCN=C1CSc1nccn1C. The van der Waals surface area contributed by atoms with Crippen LogP contribution in [0.25, 0.3) is 0 Å². The van der Waals surface area contributed by atoms with E-state index in [4.69, 9.17) is 0 Å². The smallest absolute Gasteiger partial charge is 0.168 e. The van der Waals surface area contributed by atoms with Crippen LogP contribution in [0.2, 0.25) is 0 Å². The minimum atomic E-state index is 0.918. The van der Waals surface area contributed by atoms with Gasteiger partial charge in [0.1, 0.15) is 5.84 Å². The summed E-state index contributed by atoms with van der Waals surface area (Å²) in [5.41, 5.74) is 0. The van der Waals surface area contributed by atoms with Crippen molar-refractivity contribution in [2.45, 2.75) is 5.16 Å². The van der Waals surface area contributed by atoms with Gasteiger partial charge in [-0.2, -0.15) is 0 Å². The fourth-order valence-corrected chi connectivity index (χ4v) is 2.32. The molecule has 0 saturated carbocycles. The maximum atomic E-state index is 4.43. The summed E-state index contributed by atoms with van der Waals surface area (Å²) >= 11 is 1.73. The van der Waals surface area contributed by atoms with E-state index in [9.17, 15) is 0 Å². The third-order valence-electron chi connectivity index (χ3n) is 2.28. The molecule has 0 N–H and O–H groups in total. The van der Waals surface area contributed by atoms with Crippen LogP contribution in [0.4, 0.5) is 0 Å². The summed E-state index contributed by atoms with van der Waals surface area (Å²) in [6, 6.07) is 0. The molecule has 1 aromatic heterocycles. The fraction of sp³-hybridized carbons (Fsp3) is 0.556. The van der Waals surface area contributed by atoms with Gasteiger partial charge in [-0.25, -0.2) is 4.98 Å². The van der Waals surface area contributed by atoms with E-state index in [0.717, 1.165) is 24.0 Å². The first-order chi connectivity index (χ1) is 6.77. The average Bonchev–Trinajstić information content (AvgIpc) is 2.72. The maximum Gasteiger partial charge on any atom is 0.168 e. The zero-order valence-corrected chi connectivity index (χ0v) is 9.29. The number of hydrogen-bond donors (Lipinski definition) is 0. The Morgan fingerprint density at radius 2 is 2.36 bits per heavy atom. The Kier molecular flexibility index (Phi) is 2.77. The highest BCUT2D eigenvalue weighted by molar-refractivity contribution is 7.99. The molecular formula is C9H14N4S. The van der Waals surface area contributed by atoms with E-state index in [0.29, 0.717) is 0 Å². The Labute approximate surface area is 88.0 Å². The largest absolute Gasteiger partial charge is 0.361 e. The molecule has 0 saturated heterocycles. The lowest BCUT2D eigenvalue weighted by molar-refractivity contribution is 0.554. The van der Waals surface area contributed by atoms with Crippen molar-refractivity contribution >= 4 is 17.6 Å². The molecule has 2 rings (SSSR count). The van der Waals surface area contributed by atoms with Gasteiger partial charge in [-0.1, -0.05) is 11.8 Å². The zero-order valence-electron chi connectivity index (χ0n) is 8.47. The predicted octanol–water partition coefficient (Wildman–Crippen LogP) is 0.856. The molecule has 1 aliphatic rings. The third-order valence-corrected chi connectivity index (χ3v) is 3.33. The molecule has 0 amide bonds. The topological polar surface area (TPSA) is 33.4 Å². The predicted molar refractivity (Wildman–Crippen MR) is 58.9 cm³/mol. The molecule has 0 radical (unpaired) electrons. The quantitative estimate of drug-likeness (QED) is 0.694. The second kappa shape index (κ2) is 4.04. The van der Waals surface area contributed by atoms with Crippen molar-refractivity contribution in [2.75, 3.05) is 25.9 Å². The summed E-state index contributed by atoms with van der Waals surface area (Å²) in [6.45, 7) is 1.99. The first-order valence-corrected chi connectivity index (χ1v) is 5.60. The van der Waals surface area contributed by atoms with Gasteiger partial charge in [0.25, 0.3) is 0 Å². The van der Waals surface area contributed by atoms with Crippen LogP contribution in [-0.2, 0) is 7.05 Å². The molecule has 0 aromatic carbocycles. The van der Waals surface area contributed by atoms with Crippen molar-refractivity contribution in [1.82, 2.24) is 14.5 Å². The summed E-state index contributed by atoms with van der Waals surface area (Å²) in [5.74, 6) is 2.10. The standard InChI is InChI=1S/C9H14N4S/c1-12-5-3-10-8(12)7-14-9-11-4-6-13(9)2/h4,6H,3,5,7H2,1-2H3. The number of thioether (sulfide) groups is 1. The summed E-state index contributed by atoms with van der Waals surface area (Å²) in [5, 5.41) is 1.05. The molecule has 0 spiro atoms. The van der Waals surface area contributed by atoms with Gasteiger partial charge >= 0.3 is 0 Å². The van der Waals surface area contributed by atoms with Gasteiger partial charge in [0, 0.05) is 33.0 Å². The molecule has 1 aromatic rings. The number of rotatable bonds is 3. The number of nitrogens with zero attached hydrogens (tertiary/aromatic N) is 4. The summed E-state index contributed by atoms with van der Waals surface area (Å²) in [7, 11) is 4.10. The summed E-state index contributed by atoms with van der Waals surface area (Å²) < 4.78 is 2.03. The molecule has 14 heavy (non-hydrogen) atoms. The van der Waals surface area contributed by atoms with Gasteiger partial charge < -0.3 is 9.47 Å². The zero-order chi connectivity index (χ0) is 9.97. The van der Waals surface area contributed by atoms with E-state index in [-0.39, 0.29) is 0 Å². The first kappa shape index (κ1) is 9.58. The Bertz CT molecular complexity index is 344. The van der Waals surface area contributed by atoms with Crippen molar-refractivity contribution in [1.29, 1.82) is 0 Å². The minimum Gasteiger partial charge on any atom is -0.361 e. The Hall–Kier alpha value is -0.970. The highest BCUT2D eigenvalue weighted by Gasteiger charge is 2.13. The van der Waals surface area contributed by atoms with Gasteiger partial charge in [-0.05, 0) is 0 Å². The van der Waals surface area contributed by atoms with Crippen molar-refractivity contribution in [3.63, 3.8) is 0 Å². The highest BCUT2D eigenvalue weighted by Crippen LogP contribution is 2.16. The first-order valence-electron chi connectivity index (χ1n) is 4.62. The lowest BCUT2D eigenvalue weighted by Gasteiger charge is -2.12. The Balaban J connectivity index is 1.92. The second-order valence-electron chi connectivity index (χ2n) is 3.33. The highest BCUT2D eigenvalue weighted by atomic mass is 32.2. The van der Waals surface area contributed by atoms with Crippen LogP contribution >= 0.6 is 11.8 Å². The minimum absolute atomic E-state index is 0.918. The van der Waals surface area contributed by atoms with E-state index < -0.39 is 0 Å². The number of aryl methyl sites for hydroxylation is 1. The van der Waals surface area contributed by atoms with Crippen LogP contribution in [-0.4, -0.2) is 46.2 Å². The average molecular weight is 210 g/mol. The second-order valence-corrected chi connectivity index (χ2v) is 4.27.